The molecule has 7 heteroatoms. The van der Waals surface area contributed by atoms with Crippen molar-refractivity contribution in [3.05, 3.63) is 34.6 Å². The SMILES string of the molecule is CCOc1ncnc(Nc2ccc(Cl)c(Cl)c2)c1N. The second-order valence-electron chi connectivity index (χ2n) is 3.63. The van der Waals surface area contributed by atoms with Crippen molar-refractivity contribution in [2.45, 2.75) is 6.92 Å². The van der Waals surface area contributed by atoms with Crippen molar-refractivity contribution in [1.82, 2.24) is 9.97 Å². The highest BCUT2D eigenvalue weighted by molar-refractivity contribution is 6.42. The summed E-state index contributed by atoms with van der Waals surface area (Å²) in [4.78, 5) is 8.02. The van der Waals surface area contributed by atoms with Crippen LogP contribution in [0.2, 0.25) is 10.0 Å². The summed E-state index contributed by atoms with van der Waals surface area (Å²) in [6.45, 7) is 2.33. The van der Waals surface area contributed by atoms with Crippen LogP contribution in [0.15, 0.2) is 24.5 Å². The van der Waals surface area contributed by atoms with Gasteiger partial charge in [0, 0.05) is 5.69 Å². The lowest BCUT2D eigenvalue weighted by molar-refractivity contribution is 0.328. The second kappa shape index (κ2) is 5.95. The van der Waals surface area contributed by atoms with Gasteiger partial charge in [0.2, 0.25) is 5.88 Å². The van der Waals surface area contributed by atoms with Gasteiger partial charge >= 0.3 is 0 Å². The second-order valence-corrected chi connectivity index (χ2v) is 4.44. The minimum atomic E-state index is 0.343. The van der Waals surface area contributed by atoms with Gasteiger partial charge in [-0.1, -0.05) is 23.2 Å². The predicted octanol–water partition coefficient (Wildman–Crippen LogP) is 3.51. The molecule has 100 valence electrons. The summed E-state index contributed by atoms with van der Waals surface area (Å²) >= 11 is 11.8. The predicted molar refractivity (Wildman–Crippen MR) is 77.4 cm³/mol. The van der Waals surface area contributed by atoms with Gasteiger partial charge in [0.15, 0.2) is 5.82 Å². The van der Waals surface area contributed by atoms with Gasteiger partial charge in [-0.2, -0.15) is 4.98 Å². The molecule has 0 fully saturated rings. The molecule has 1 aromatic carbocycles. The van der Waals surface area contributed by atoms with Crippen LogP contribution in [0.1, 0.15) is 6.92 Å². The third-order valence-electron chi connectivity index (χ3n) is 2.31. The Bertz CT molecular complexity index is 592. The van der Waals surface area contributed by atoms with Crippen molar-refractivity contribution in [3.8, 4) is 5.88 Å². The summed E-state index contributed by atoms with van der Waals surface area (Å²) in [7, 11) is 0. The molecule has 0 aliphatic heterocycles. The first-order valence-electron chi connectivity index (χ1n) is 5.57. The van der Waals surface area contributed by atoms with Crippen molar-refractivity contribution in [1.29, 1.82) is 0 Å². The van der Waals surface area contributed by atoms with Crippen molar-refractivity contribution >= 4 is 40.4 Å². The summed E-state index contributed by atoms with van der Waals surface area (Å²) in [5, 5.41) is 3.97. The van der Waals surface area contributed by atoms with Crippen LogP contribution in [-0.2, 0) is 0 Å². The number of nitrogens with zero attached hydrogens (tertiary/aromatic N) is 2. The maximum atomic E-state index is 5.94. The Labute approximate surface area is 120 Å². The van der Waals surface area contributed by atoms with Crippen molar-refractivity contribution < 1.29 is 4.74 Å². The molecule has 0 amide bonds. The number of rotatable bonds is 4. The molecule has 0 radical (unpaired) electrons. The van der Waals surface area contributed by atoms with Crippen LogP contribution < -0.4 is 15.8 Å². The zero-order valence-corrected chi connectivity index (χ0v) is 11.7. The van der Waals surface area contributed by atoms with Gasteiger partial charge in [0.05, 0.1) is 16.7 Å². The molecule has 0 atom stereocenters. The van der Waals surface area contributed by atoms with Gasteiger partial charge in [-0.25, -0.2) is 4.98 Å². The summed E-state index contributed by atoms with van der Waals surface area (Å²) < 4.78 is 5.29. The van der Waals surface area contributed by atoms with E-state index in [0.717, 1.165) is 5.69 Å². The number of nitrogens with one attached hydrogen (secondary N) is 1. The summed E-state index contributed by atoms with van der Waals surface area (Å²) in [5.74, 6) is 0.803. The van der Waals surface area contributed by atoms with Crippen LogP contribution in [0.3, 0.4) is 0 Å². The number of hydrogen-bond acceptors (Lipinski definition) is 5. The lowest BCUT2D eigenvalue weighted by Gasteiger charge is -2.11. The summed E-state index contributed by atoms with van der Waals surface area (Å²) in [6.07, 6.45) is 1.38. The molecule has 19 heavy (non-hydrogen) atoms. The largest absolute Gasteiger partial charge is 0.476 e. The van der Waals surface area contributed by atoms with E-state index in [-0.39, 0.29) is 0 Å². The minimum absolute atomic E-state index is 0.343. The van der Waals surface area contributed by atoms with E-state index in [1.807, 2.05) is 6.92 Å². The van der Waals surface area contributed by atoms with Gasteiger partial charge in [0.25, 0.3) is 0 Å². The zero-order chi connectivity index (χ0) is 13.8. The van der Waals surface area contributed by atoms with Gasteiger partial charge in [0.1, 0.15) is 12.0 Å². The third-order valence-corrected chi connectivity index (χ3v) is 3.05. The Kier molecular flexibility index (Phi) is 4.29. The fourth-order valence-corrected chi connectivity index (χ4v) is 1.74. The molecule has 0 aliphatic rings. The maximum absolute atomic E-state index is 5.94. The molecule has 5 nitrogen and oxygen atoms in total. The van der Waals surface area contributed by atoms with Crippen LogP contribution in [0.5, 0.6) is 5.88 Å². The monoisotopic (exact) mass is 298 g/mol. The van der Waals surface area contributed by atoms with E-state index in [4.69, 9.17) is 33.7 Å². The van der Waals surface area contributed by atoms with E-state index in [0.29, 0.717) is 34.0 Å². The van der Waals surface area contributed by atoms with E-state index >= 15 is 0 Å². The van der Waals surface area contributed by atoms with Crippen LogP contribution in [0.25, 0.3) is 0 Å². The quantitative estimate of drug-likeness (QED) is 0.903. The van der Waals surface area contributed by atoms with E-state index in [9.17, 15) is 0 Å². The lowest BCUT2D eigenvalue weighted by Crippen LogP contribution is -2.05. The van der Waals surface area contributed by atoms with Crippen LogP contribution in [0.4, 0.5) is 17.2 Å². The molecule has 2 aromatic rings. The minimum Gasteiger partial charge on any atom is -0.476 e. The lowest BCUT2D eigenvalue weighted by atomic mass is 10.3. The normalized spacial score (nSPS) is 10.3. The molecule has 1 heterocycles. The number of aromatic nitrogens is 2. The summed E-state index contributed by atoms with van der Waals surface area (Å²) in [6, 6.07) is 5.15. The Morgan fingerprint density at radius 3 is 2.74 bits per heavy atom. The number of halogens is 2. The van der Waals surface area contributed by atoms with Crippen molar-refractivity contribution in [2.24, 2.45) is 0 Å². The van der Waals surface area contributed by atoms with Crippen LogP contribution in [0, 0.1) is 0 Å². The average molecular weight is 299 g/mol. The first-order chi connectivity index (χ1) is 9.11. The first-order valence-corrected chi connectivity index (χ1v) is 6.32. The average Bonchev–Trinajstić information content (AvgIpc) is 2.39. The molecular weight excluding hydrogens is 287 g/mol. The van der Waals surface area contributed by atoms with E-state index in [1.165, 1.54) is 6.33 Å². The molecule has 0 aliphatic carbocycles. The van der Waals surface area contributed by atoms with E-state index in [2.05, 4.69) is 15.3 Å². The molecule has 1 aromatic heterocycles. The molecule has 2 rings (SSSR count). The Morgan fingerprint density at radius 2 is 2.05 bits per heavy atom. The molecule has 0 saturated heterocycles. The van der Waals surface area contributed by atoms with E-state index in [1.54, 1.807) is 18.2 Å². The number of nitrogen functional groups attached to an aromatic ring is 1. The Morgan fingerprint density at radius 1 is 1.26 bits per heavy atom. The van der Waals surface area contributed by atoms with Gasteiger partial charge < -0.3 is 15.8 Å². The summed E-state index contributed by atoms with van der Waals surface area (Å²) in [5.41, 5.74) is 6.98. The van der Waals surface area contributed by atoms with Gasteiger partial charge in [-0.05, 0) is 25.1 Å². The standard InChI is InChI=1S/C12H12Cl2N4O/c1-2-19-12-10(15)11(16-6-17-12)18-7-3-4-8(13)9(14)5-7/h3-6H,2,15H2,1H3,(H,16,17,18). The van der Waals surface area contributed by atoms with Crippen molar-refractivity contribution in [3.63, 3.8) is 0 Å². The maximum Gasteiger partial charge on any atom is 0.242 e. The molecule has 0 spiro atoms. The smallest absolute Gasteiger partial charge is 0.242 e. The highest BCUT2D eigenvalue weighted by atomic mass is 35.5. The fourth-order valence-electron chi connectivity index (χ4n) is 1.44. The highest BCUT2D eigenvalue weighted by Gasteiger charge is 2.09. The topological polar surface area (TPSA) is 73.1 Å². The first kappa shape index (κ1) is 13.7. The number of nitrogens with two attached hydrogens (primary N) is 1. The molecular formula is C12H12Cl2N4O. The van der Waals surface area contributed by atoms with E-state index < -0.39 is 0 Å². The third kappa shape index (κ3) is 3.19. The van der Waals surface area contributed by atoms with Crippen LogP contribution >= 0.6 is 23.2 Å². The number of ether oxygens (including phenoxy) is 1. The Balaban J connectivity index is 2.27. The van der Waals surface area contributed by atoms with Gasteiger partial charge in [-0.15, -0.1) is 0 Å². The molecule has 0 bridgehead atoms. The number of anilines is 3. The Hall–Kier alpha value is -1.72. The zero-order valence-electron chi connectivity index (χ0n) is 10.2. The fraction of sp³-hybridized carbons (Fsp3) is 0.167. The van der Waals surface area contributed by atoms with Gasteiger partial charge in [-0.3, -0.25) is 0 Å². The van der Waals surface area contributed by atoms with Crippen LogP contribution in [-0.4, -0.2) is 16.6 Å². The number of benzene rings is 1. The highest BCUT2D eigenvalue weighted by Crippen LogP contribution is 2.30. The molecule has 0 saturated carbocycles. The molecule has 0 unspecified atom stereocenters. The van der Waals surface area contributed by atoms with Crippen molar-refractivity contribution in [2.75, 3.05) is 17.7 Å². The number of hydrogen-bond donors (Lipinski definition) is 2. The molecule has 3 N–H and O–H groups in total.